The molecular formula is C22H24N2O3. The number of rotatable bonds is 4. The summed E-state index contributed by atoms with van der Waals surface area (Å²) in [6, 6.07) is 6.83. The summed E-state index contributed by atoms with van der Waals surface area (Å²) in [5.74, 6) is 0.384. The van der Waals surface area contributed by atoms with Gasteiger partial charge < -0.3 is 5.32 Å². The number of hydrogen-bond donors (Lipinski definition) is 1. The van der Waals surface area contributed by atoms with Crippen molar-refractivity contribution < 1.29 is 14.4 Å². The van der Waals surface area contributed by atoms with Gasteiger partial charge in [0.25, 0.3) is 0 Å². The molecule has 4 aliphatic carbocycles. The Hall–Kier alpha value is -2.43. The molecule has 0 radical (unpaired) electrons. The standard InChI is InChI=1S/C22H24N2O3/c1-3-12-6-4-5-7-17(12)23-20(25)11(2)24-21(26)18-13-8-9-14(16-10-15(13)16)19(18)22(24)27/h4-9,11,13-16,18-19H,3,10H2,1-2H3,(H,23,25)/t11-,13-,14-,15-,16-,18-,19+/m1/s1. The van der Waals surface area contributed by atoms with Crippen LogP contribution in [0, 0.1) is 35.5 Å². The predicted octanol–water partition coefficient (Wildman–Crippen LogP) is 2.63. The molecule has 1 aromatic carbocycles. The van der Waals surface area contributed by atoms with Crippen LogP contribution in [-0.2, 0) is 20.8 Å². The van der Waals surface area contributed by atoms with Crippen LogP contribution >= 0.6 is 0 Å². The Kier molecular flexibility index (Phi) is 3.58. The molecule has 2 bridgehead atoms. The topological polar surface area (TPSA) is 66.5 Å². The lowest BCUT2D eigenvalue weighted by molar-refractivity contribution is -0.146. The minimum Gasteiger partial charge on any atom is -0.324 e. The van der Waals surface area contributed by atoms with Crippen molar-refractivity contribution in [1.82, 2.24) is 4.90 Å². The zero-order chi connectivity index (χ0) is 18.9. The van der Waals surface area contributed by atoms with E-state index in [1.807, 2.05) is 31.2 Å². The van der Waals surface area contributed by atoms with Gasteiger partial charge in [0.2, 0.25) is 17.7 Å². The third kappa shape index (κ3) is 2.27. The smallest absolute Gasteiger partial charge is 0.247 e. The zero-order valence-electron chi connectivity index (χ0n) is 15.6. The average molecular weight is 364 g/mol. The Morgan fingerprint density at radius 2 is 1.70 bits per heavy atom. The zero-order valence-corrected chi connectivity index (χ0v) is 15.6. The van der Waals surface area contributed by atoms with Crippen LogP contribution in [0.4, 0.5) is 5.69 Å². The Morgan fingerprint density at radius 1 is 1.11 bits per heavy atom. The number of nitrogens with zero attached hydrogens (tertiary/aromatic N) is 1. The number of para-hydroxylation sites is 1. The van der Waals surface area contributed by atoms with Crippen molar-refractivity contribution >= 4 is 23.4 Å². The summed E-state index contributed by atoms with van der Waals surface area (Å²) in [4.78, 5) is 40.3. The number of imide groups is 1. The highest BCUT2D eigenvalue weighted by Crippen LogP contribution is 2.65. The van der Waals surface area contributed by atoms with Gasteiger partial charge in [-0.05, 0) is 55.1 Å². The van der Waals surface area contributed by atoms with Crippen LogP contribution in [0.3, 0.4) is 0 Å². The molecule has 2 saturated carbocycles. The van der Waals surface area contributed by atoms with Crippen LogP contribution < -0.4 is 5.32 Å². The van der Waals surface area contributed by atoms with E-state index in [9.17, 15) is 14.4 Å². The molecule has 1 aromatic rings. The van der Waals surface area contributed by atoms with Gasteiger partial charge in [-0.25, -0.2) is 0 Å². The van der Waals surface area contributed by atoms with Gasteiger partial charge in [0.15, 0.2) is 0 Å². The number of carbonyl (C=O) groups excluding carboxylic acids is 3. The fraction of sp³-hybridized carbons (Fsp3) is 0.500. The number of nitrogens with one attached hydrogen (secondary N) is 1. The van der Waals surface area contributed by atoms with E-state index >= 15 is 0 Å². The Morgan fingerprint density at radius 3 is 2.30 bits per heavy atom. The van der Waals surface area contributed by atoms with Gasteiger partial charge in [-0.15, -0.1) is 0 Å². The number of allylic oxidation sites excluding steroid dienone is 2. The third-order valence-corrected chi connectivity index (χ3v) is 7.12. The molecule has 5 heteroatoms. The van der Waals surface area contributed by atoms with Crippen LogP contribution in [0.15, 0.2) is 36.4 Å². The number of aryl methyl sites for hydroxylation is 1. The first-order chi connectivity index (χ1) is 13.0. The highest BCUT2D eigenvalue weighted by molar-refractivity contribution is 6.10. The fourth-order valence-electron chi connectivity index (χ4n) is 5.67. The molecule has 27 heavy (non-hydrogen) atoms. The highest BCUT2D eigenvalue weighted by Gasteiger charge is 2.67. The maximum absolute atomic E-state index is 13.1. The van der Waals surface area contributed by atoms with Crippen molar-refractivity contribution in [3.05, 3.63) is 42.0 Å². The van der Waals surface area contributed by atoms with Crippen LogP contribution in [-0.4, -0.2) is 28.7 Å². The summed E-state index contributed by atoms with van der Waals surface area (Å²) >= 11 is 0. The van der Waals surface area contributed by atoms with Gasteiger partial charge in [0, 0.05) is 5.69 Å². The average Bonchev–Trinajstić information content (AvgIpc) is 3.45. The van der Waals surface area contributed by atoms with Crippen molar-refractivity contribution in [2.45, 2.75) is 32.7 Å². The predicted molar refractivity (Wildman–Crippen MR) is 100 cm³/mol. The lowest BCUT2D eigenvalue weighted by Crippen LogP contribution is -2.46. The van der Waals surface area contributed by atoms with Gasteiger partial charge in [-0.2, -0.15) is 0 Å². The monoisotopic (exact) mass is 364 g/mol. The molecule has 0 spiro atoms. The Labute approximate surface area is 158 Å². The third-order valence-electron chi connectivity index (χ3n) is 7.12. The van der Waals surface area contributed by atoms with E-state index in [4.69, 9.17) is 0 Å². The van der Waals surface area contributed by atoms with E-state index in [0.29, 0.717) is 11.8 Å². The van der Waals surface area contributed by atoms with Crippen molar-refractivity contribution in [3.8, 4) is 0 Å². The molecule has 140 valence electrons. The van der Waals surface area contributed by atoms with Crippen molar-refractivity contribution in [2.24, 2.45) is 35.5 Å². The summed E-state index contributed by atoms with van der Waals surface area (Å²) in [5, 5.41) is 2.92. The molecular weight excluding hydrogens is 340 g/mol. The second-order valence-electron chi connectivity index (χ2n) is 8.38. The first-order valence-corrected chi connectivity index (χ1v) is 9.97. The summed E-state index contributed by atoms with van der Waals surface area (Å²) < 4.78 is 0. The first-order valence-electron chi connectivity index (χ1n) is 9.97. The van der Waals surface area contributed by atoms with E-state index in [0.717, 1.165) is 24.1 Å². The fourth-order valence-corrected chi connectivity index (χ4v) is 5.67. The number of amides is 3. The van der Waals surface area contributed by atoms with Crippen LogP contribution in [0.5, 0.6) is 0 Å². The summed E-state index contributed by atoms with van der Waals surface area (Å²) in [7, 11) is 0. The SMILES string of the molecule is CCc1ccccc1NC(=O)[C@@H](C)N1C(=O)[C@@H]2[C@@H]3C=C[C@H]([C@H]4C[C@H]34)[C@@H]2C1=O. The quantitative estimate of drug-likeness (QED) is 0.660. The Balaban J connectivity index is 1.38. The number of anilines is 1. The molecule has 1 aliphatic heterocycles. The normalized spacial score (nSPS) is 36.4. The molecule has 1 heterocycles. The number of benzene rings is 1. The molecule has 0 aromatic heterocycles. The summed E-state index contributed by atoms with van der Waals surface area (Å²) in [5.41, 5.74) is 1.78. The van der Waals surface area contributed by atoms with Gasteiger partial charge in [-0.3, -0.25) is 19.3 Å². The molecule has 5 aliphatic rings. The number of likely N-dealkylation sites (tertiary alicyclic amines) is 1. The molecule has 3 amide bonds. The molecule has 3 fully saturated rings. The van der Waals surface area contributed by atoms with E-state index in [1.54, 1.807) is 6.92 Å². The van der Waals surface area contributed by atoms with Crippen molar-refractivity contribution in [1.29, 1.82) is 0 Å². The molecule has 5 nitrogen and oxygen atoms in total. The lowest BCUT2D eigenvalue weighted by Gasteiger charge is -2.37. The van der Waals surface area contributed by atoms with Gasteiger partial charge in [0.1, 0.15) is 6.04 Å². The maximum atomic E-state index is 13.1. The number of carbonyl (C=O) groups is 3. The Bertz CT molecular complexity index is 840. The highest BCUT2D eigenvalue weighted by atomic mass is 16.2. The van der Waals surface area contributed by atoms with E-state index in [-0.39, 0.29) is 41.4 Å². The lowest BCUT2D eigenvalue weighted by atomic mass is 9.63. The molecule has 7 atom stereocenters. The van der Waals surface area contributed by atoms with Crippen molar-refractivity contribution in [2.75, 3.05) is 5.32 Å². The van der Waals surface area contributed by atoms with E-state index in [2.05, 4.69) is 17.5 Å². The second kappa shape index (κ2) is 5.78. The number of hydrogen-bond acceptors (Lipinski definition) is 3. The minimum absolute atomic E-state index is 0.152. The molecule has 1 N–H and O–H groups in total. The first kappa shape index (κ1) is 16.7. The molecule has 1 saturated heterocycles. The molecule has 6 rings (SSSR count). The minimum atomic E-state index is -0.795. The largest absolute Gasteiger partial charge is 0.324 e. The van der Waals surface area contributed by atoms with Gasteiger partial charge in [0.05, 0.1) is 11.8 Å². The van der Waals surface area contributed by atoms with Crippen LogP contribution in [0.2, 0.25) is 0 Å². The molecule has 0 unspecified atom stereocenters. The van der Waals surface area contributed by atoms with Crippen LogP contribution in [0.25, 0.3) is 0 Å². The van der Waals surface area contributed by atoms with E-state index < -0.39 is 6.04 Å². The van der Waals surface area contributed by atoms with Gasteiger partial charge in [-0.1, -0.05) is 37.3 Å². The van der Waals surface area contributed by atoms with Crippen LogP contribution in [0.1, 0.15) is 25.8 Å². The maximum Gasteiger partial charge on any atom is 0.247 e. The van der Waals surface area contributed by atoms with Gasteiger partial charge >= 0.3 is 0 Å². The van der Waals surface area contributed by atoms with Crippen molar-refractivity contribution in [3.63, 3.8) is 0 Å². The second-order valence-corrected chi connectivity index (χ2v) is 8.38. The summed E-state index contributed by atoms with van der Waals surface area (Å²) in [6.45, 7) is 3.69. The summed E-state index contributed by atoms with van der Waals surface area (Å²) in [6.07, 6.45) is 6.24. The van der Waals surface area contributed by atoms with E-state index in [1.165, 1.54) is 4.90 Å².